The van der Waals surface area contributed by atoms with Crippen LogP contribution in [-0.2, 0) is 6.61 Å². The molecule has 7 heteroatoms. The number of aryl methyl sites for hydroxylation is 1. The van der Waals surface area contributed by atoms with Crippen LogP contribution in [0.25, 0.3) is 0 Å². The Labute approximate surface area is 138 Å². The number of para-hydroxylation sites is 1. The Bertz CT molecular complexity index is 810. The lowest BCUT2D eigenvalue weighted by atomic mass is 10.2. The van der Waals surface area contributed by atoms with E-state index in [0.29, 0.717) is 12.4 Å². The Balaban J connectivity index is 1.63. The average molecular weight is 328 g/mol. The van der Waals surface area contributed by atoms with Crippen LogP contribution < -0.4 is 4.74 Å². The highest BCUT2D eigenvalue weighted by Crippen LogP contribution is 2.18. The maximum atomic E-state index is 5.76. The molecule has 3 aromatic rings. The monoisotopic (exact) mass is 328 g/mol. The van der Waals surface area contributed by atoms with Crippen LogP contribution in [0.2, 0.25) is 0 Å². The molecule has 2 heterocycles. The fourth-order valence-electron chi connectivity index (χ4n) is 1.96. The number of benzene rings is 1. The summed E-state index contributed by atoms with van der Waals surface area (Å²) in [6.45, 7) is 2.39. The zero-order chi connectivity index (χ0) is 16.1. The maximum absolute atomic E-state index is 5.76. The summed E-state index contributed by atoms with van der Waals surface area (Å²) in [6.07, 6.45) is 5.10. The summed E-state index contributed by atoms with van der Waals surface area (Å²) < 4.78 is 13.0. The van der Waals surface area contributed by atoms with Crippen LogP contribution in [0.1, 0.15) is 17.1 Å². The van der Waals surface area contributed by atoms with Gasteiger partial charge < -0.3 is 9.15 Å². The van der Waals surface area contributed by atoms with E-state index in [4.69, 9.17) is 9.15 Å². The van der Waals surface area contributed by atoms with E-state index in [1.54, 1.807) is 17.2 Å². The van der Waals surface area contributed by atoms with E-state index in [0.717, 1.165) is 22.2 Å². The van der Waals surface area contributed by atoms with Crippen molar-refractivity contribution in [2.24, 2.45) is 5.10 Å². The molecule has 0 unspecified atom stereocenters. The molecule has 0 N–H and O–H groups in total. The van der Waals surface area contributed by atoms with Gasteiger partial charge >= 0.3 is 0 Å². The summed E-state index contributed by atoms with van der Waals surface area (Å²) in [6, 6.07) is 11.6. The van der Waals surface area contributed by atoms with Crippen molar-refractivity contribution in [3.05, 3.63) is 59.8 Å². The summed E-state index contributed by atoms with van der Waals surface area (Å²) in [5.74, 6) is 2.24. The molecule has 0 fully saturated rings. The molecule has 1 aromatic carbocycles. The zero-order valence-electron chi connectivity index (χ0n) is 12.8. The van der Waals surface area contributed by atoms with E-state index >= 15 is 0 Å². The highest BCUT2D eigenvalue weighted by molar-refractivity contribution is 7.98. The third-order valence-corrected chi connectivity index (χ3v) is 3.77. The van der Waals surface area contributed by atoms with Gasteiger partial charge in [0.15, 0.2) is 0 Å². The second kappa shape index (κ2) is 7.15. The molecule has 0 amide bonds. The molecular formula is C16H16N4O2S. The molecule has 0 atom stereocenters. The molecule has 0 aliphatic heterocycles. The lowest BCUT2D eigenvalue weighted by Crippen LogP contribution is -1.95. The number of aromatic nitrogens is 3. The molecule has 6 nitrogen and oxygen atoms in total. The van der Waals surface area contributed by atoms with Gasteiger partial charge in [-0.15, -0.1) is 10.2 Å². The summed E-state index contributed by atoms with van der Waals surface area (Å²) in [5, 5.41) is 12.7. The number of nitrogens with zero attached hydrogens (tertiary/aromatic N) is 4. The molecule has 0 aliphatic carbocycles. The van der Waals surface area contributed by atoms with E-state index in [1.807, 2.05) is 49.6 Å². The standard InChI is InChI=1S/C16H16N4O2S/c1-12-5-3-4-6-15(12)21-10-14-8-7-13(22-14)9-18-20-11-17-19-16(20)23-2/h3-9,11H,10H2,1-2H3/b18-9+. The van der Waals surface area contributed by atoms with Gasteiger partial charge in [-0.3, -0.25) is 0 Å². The van der Waals surface area contributed by atoms with Crippen molar-refractivity contribution in [1.82, 2.24) is 14.9 Å². The summed E-state index contributed by atoms with van der Waals surface area (Å²) in [4.78, 5) is 0. The first kappa shape index (κ1) is 15.4. The van der Waals surface area contributed by atoms with Crippen LogP contribution in [0.3, 0.4) is 0 Å². The minimum atomic E-state index is 0.376. The quantitative estimate of drug-likeness (QED) is 0.513. The van der Waals surface area contributed by atoms with Crippen molar-refractivity contribution in [3.8, 4) is 5.75 Å². The van der Waals surface area contributed by atoms with Crippen molar-refractivity contribution < 1.29 is 9.15 Å². The van der Waals surface area contributed by atoms with E-state index < -0.39 is 0 Å². The van der Waals surface area contributed by atoms with Crippen LogP contribution in [0, 0.1) is 6.92 Å². The van der Waals surface area contributed by atoms with Crippen molar-refractivity contribution >= 4 is 18.0 Å². The Morgan fingerprint density at radius 2 is 2.17 bits per heavy atom. The van der Waals surface area contributed by atoms with Gasteiger partial charge in [0.1, 0.15) is 30.2 Å². The normalized spacial score (nSPS) is 11.2. The largest absolute Gasteiger partial charge is 0.485 e. The SMILES string of the molecule is CSc1nncn1/N=C/c1ccc(COc2ccccc2C)o1. The molecule has 0 spiro atoms. The minimum Gasteiger partial charge on any atom is -0.485 e. The van der Waals surface area contributed by atoms with Gasteiger partial charge in [0.25, 0.3) is 0 Å². The Morgan fingerprint density at radius 1 is 1.30 bits per heavy atom. The minimum absolute atomic E-state index is 0.376. The molecule has 0 bridgehead atoms. The van der Waals surface area contributed by atoms with E-state index in [2.05, 4.69) is 15.3 Å². The van der Waals surface area contributed by atoms with Crippen molar-refractivity contribution in [2.45, 2.75) is 18.7 Å². The molecule has 3 rings (SSSR count). The predicted molar refractivity (Wildman–Crippen MR) is 89.0 cm³/mol. The number of hydrogen-bond donors (Lipinski definition) is 0. The highest BCUT2D eigenvalue weighted by Gasteiger charge is 2.04. The third kappa shape index (κ3) is 3.81. The zero-order valence-corrected chi connectivity index (χ0v) is 13.7. The van der Waals surface area contributed by atoms with Gasteiger partial charge in [0, 0.05) is 0 Å². The van der Waals surface area contributed by atoms with Crippen molar-refractivity contribution in [1.29, 1.82) is 0 Å². The number of hydrogen-bond acceptors (Lipinski definition) is 6. The molecular weight excluding hydrogens is 312 g/mol. The first-order valence-electron chi connectivity index (χ1n) is 7.02. The topological polar surface area (TPSA) is 65.4 Å². The van der Waals surface area contributed by atoms with E-state index in [1.165, 1.54) is 11.8 Å². The molecule has 0 saturated carbocycles. The number of rotatable bonds is 6. The van der Waals surface area contributed by atoms with Gasteiger partial charge in [0.2, 0.25) is 5.16 Å². The fourth-order valence-corrected chi connectivity index (χ4v) is 2.37. The summed E-state index contributed by atoms with van der Waals surface area (Å²) in [7, 11) is 0. The number of furan rings is 1. The van der Waals surface area contributed by atoms with Gasteiger partial charge in [-0.25, -0.2) is 0 Å². The van der Waals surface area contributed by atoms with Crippen molar-refractivity contribution in [3.63, 3.8) is 0 Å². The molecule has 118 valence electrons. The van der Waals surface area contributed by atoms with Crippen LogP contribution in [0.15, 0.2) is 57.4 Å². The first-order chi connectivity index (χ1) is 11.3. The summed E-state index contributed by atoms with van der Waals surface area (Å²) in [5.41, 5.74) is 1.10. The molecule has 0 radical (unpaired) electrons. The van der Waals surface area contributed by atoms with Gasteiger partial charge in [0.05, 0.1) is 6.21 Å². The number of thioether (sulfide) groups is 1. The summed E-state index contributed by atoms with van der Waals surface area (Å²) >= 11 is 1.47. The van der Waals surface area contributed by atoms with Crippen LogP contribution >= 0.6 is 11.8 Å². The predicted octanol–water partition coefficient (Wildman–Crippen LogP) is 3.36. The molecule has 23 heavy (non-hydrogen) atoms. The Morgan fingerprint density at radius 3 is 3.00 bits per heavy atom. The van der Waals surface area contributed by atoms with Gasteiger partial charge in [-0.2, -0.15) is 9.78 Å². The fraction of sp³-hybridized carbons (Fsp3) is 0.188. The first-order valence-corrected chi connectivity index (χ1v) is 8.24. The van der Waals surface area contributed by atoms with Crippen LogP contribution in [-0.4, -0.2) is 27.3 Å². The van der Waals surface area contributed by atoms with Gasteiger partial charge in [-0.1, -0.05) is 30.0 Å². The second-order valence-electron chi connectivity index (χ2n) is 4.77. The van der Waals surface area contributed by atoms with E-state index in [9.17, 15) is 0 Å². The second-order valence-corrected chi connectivity index (χ2v) is 5.54. The smallest absolute Gasteiger partial charge is 0.211 e. The highest BCUT2D eigenvalue weighted by atomic mass is 32.2. The maximum Gasteiger partial charge on any atom is 0.211 e. The molecule has 0 saturated heterocycles. The van der Waals surface area contributed by atoms with Gasteiger partial charge in [-0.05, 0) is 36.9 Å². The number of ether oxygens (including phenoxy) is 1. The van der Waals surface area contributed by atoms with Crippen molar-refractivity contribution in [2.75, 3.05) is 6.26 Å². The lowest BCUT2D eigenvalue weighted by molar-refractivity contribution is 0.268. The average Bonchev–Trinajstić information content (AvgIpc) is 3.21. The lowest BCUT2D eigenvalue weighted by Gasteiger charge is -2.06. The Hall–Kier alpha value is -2.54. The third-order valence-electron chi connectivity index (χ3n) is 3.14. The Kier molecular flexibility index (Phi) is 4.77. The van der Waals surface area contributed by atoms with Crippen LogP contribution in [0.4, 0.5) is 0 Å². The van der Waals surface area contributed by atoms with Crippen LogP contribution in [0.5, 0.6) is 5.75 Å². The molecule has 0 aliphatic rings. The van der Waals surface area contributed by atoms with E-state index in [-0.39, 0.29) is 0 Å². The molecule has 2 aromatic heterocycles.